The van der Waals surface area contributed by atoms with Gasteiger partial charge in [-0.15, -0.1) is 0 Å². The quantitative estimate of drug-likeness (QED) is 0.482. The van der Waals surface area contributed by atoms with Gasteiger partial charge in [0.15, 0.2) is 5.75 Å². The van der Waals surface area contributed by atoms with Gasteiger partial charge in [-0.2, -0.15) is 4.89 Å². The first-order valence-corrected chi connectivity index (χ1v) is 6.48. The lowest BCUT2D eigenvalue weighted by atomic mass is 10.2. The van der Waals surface area contributed by atoms with E-state index >= 15 is 0 Å². The highest BCUT2D eigenvalue weighted by Gasteiger charge is 2.10. The van der Waals surface area contributed by atoms with E-state index in [0.717, 1.165) is 11.3 Å². The number of carbonyl (C=O) groups is 1. The fraction of sp³-hybridized carbons (Fsp3) is 0.188. The van der Waals surface area contributed by atoms with Gasteiger partial charge in [-0.25, -0.2) is 4.79 Å². The lowest BCUT2D eigenvalue weighted by Crippen LogP contribution is -2.10. The molecule has 0 heterocycles. The van der Waals surface area contributed by atoms with Crippen molar-refractivity contribution in [3.05, 3.63) is 59.7 Å². The number of carboxylic acids is 1. The molecule has 0 bridgehead atoms. The second-order valence-corrected chi connectivity index (χ2v) is 4.37. The Bertz CT molecular complexity index is 592. The molecule has 0 saturated heterocycles. The molecule has 110 valence electrons. The normalized spacial score (nSPS) is 10.1. The van der Waals surface area contributed by atoms with Gasteiger partial charge in [-0.05, 0) is 31.2 Å². The van der Waals surface area contributed by atoms with Crippen molar-refractivity contribution < 1.29 is 24.4 Å². The standard InChI is InChI=1S/C16H16O5/c1-12-6-8-13(9-7-12)19-10-11-20-21-15-5-3-2-4-14(15)16(17)18/h2-9H,10-11H2,1H3,(H,17,18). The average Bonchev–Trinajstić information content (AvgIpc) is 2.49. The number of carboxylic acid groups (broad SMARTS) is 1. The highest BCUT2D eigenvalue weighted by atomic mass is 17.2. The Kier molecular flexibility index (Phi) is 5.17. The van der Waals surface area contributed by atoms with E-state index in [2.05, 4.69) is 0 Å². The highest BCUT2D eigenvalue weighted by molar-refractivity contribution is 5.90. The van der Waals surface area contributed by atoms with Crippen molar-refractivity contribution >= 4 is 5.97 Å². The molecule has 0 amide bonds. The van der Waals surface area contributed by atoms with Crippen LogP contribution in [0.3, 0.4) is 0 Å². The van der Waals surface area contributed by atoms with Crippen molar-refractivity contribution in [2.24, 2.45) is 0 Å². The zero-order valence-corrected chi connectivity index (χ0v) is 11.6. The summed E-state index contributed by atoms with van der Waals surface area (Å²) in [6.07, 6.45) is 0. The smallest absolute Gasteiger partial charge is 0.339 e. The van der Waals surface area contributed by atoms with Gasteiger partial charge < -0.3 is 14.7 Å². The fourth-order valence-corrected chi connectivity index (χ4v) is 1.65. The lowest BCUT2D eigenvalue weighted by molar-refractivity contribution is -0.211. The third kappa shape index (κ3) is 4.50. The van der Waals surface area contributed by atoms with Crippen LogP contribution >= 0.6 is 0 Å². The van der Waals surface area contributed by atoms with E-state index in [4.69, 9.17) is 19.6 Å². The van der Waals surface area contributed by atoms with Crippen molar-refractivity contribution in [2.45, 2.75) is 6.92 Å². The van der Waals surface area contributed by atoms with Gasteiger partial charge in [0, 0.05) is 0 Å². The van der Waals surface area contributed by atoms with Gasteiger partial charge in [-0.1, -0.05) is 29.8 Å². The summed E-state index contributed by atoms with van der Waals surface area (Å²) >= 11 is 0. The average molecular weight is 288 g/mol. The highest BCUT2D eigenvalue weighted by Crippen LogP contribution is 2.18. The molecule has 0 aliphatic carbocycles. The molecule has 2 rings (SSSR count). The third-order valence-corrected chi connectivity index (χ3v) is 2.72. The maximum atomic E-state index is 11.0. The maximum Gasteiger partial charge on any atom is 0.339 e. The molecule has 1 N–H and O–H groups in total. The van der Waals surface area contributed by atoms with Gasteiger partial charge in [0.25, 0.3) is 0 Å². The minimum atomic E-state index is -1.06. The number of benzene rings is 2. The van der Waals surface area contributed by atoms with E-state index < -0.39 is 5.97 Å². The molecule has 2 aromatic rings. The first-order valence-electron chi connectivity index (χ1n) is 6.48. The Hall–Kier alpha value is -2.53. The molecule has 0 unspecified atom stereocenters. The zero-order valence-electron chi connectivity index (χ0n) is 11.6. The van der Waals surface area contributed by atoms with Crippen molar-refractivity contribution in [3.63, 3.8) is 0 Å². The summed E-state index contributed by atoms with van der Waals surface area (Å²) < 4.78 is 5.46. The topological polar surface area (TPSA) is 65.0 Å². The van der Waals surface area contributed by atoms with Crippen molar-refractivity contribution in [1.82, 2.24) is 0 Å². The van der Waals surface area contributed by atoms with Gasteiger partial charge in [0.05, 0.1) is 0 Å². The number of rotatable bonds is 7. The Morgan fingerprint density at radius 1 is 1.05 bits per heavy atom. The number of para-hydroxylation sites is 1. The molecule has 0 fully saturated rings. The molecule has 0 saturated carbocycles. The molecular weight excluding hydrogens is 272 g/mol. The van der Waals surface area contributed by atoms with Crippen LogP contribution in [0.1, 0.15) is 15.9 Å². The monoisotopic (exact) mass is 288 g/mol. The van der Waals surface area contributed by atoms with Crippen LogP contribution in [0.25, 0.3) is 0 Å². The van der Waals surface area contributed by atoms with Crippen molar-refractivity contribution in [2.75, 3.05) is 13.2 Å². The molecule has 0 aliphatic rings. The van der Waals surface area contributed by atoms with Gasteiger partial charge in [-0.3, -0.25) is 0 Å². The van der Waals surface area contributed by atoms with Crippen LogP contribution in [0.15, 0.2) is 48.5 Å². The summed E-state index contributed by atoms with van der Waals surface area (Å²) in [7, 11) is 0. The number of aromatic carboxylic acids is 1. The SMILES string of the molecule is Cc1ccc(OCCOOc2ccccc2C(=O)O)cc1. The first kappa shape index (κ1) is 14.9. The first-order chi connectivity index (χ1) is 10.2. The van der Waals surface area contributed by atoms with E-state index in [0.29, 0.717) is 6.61 Å². The van der Waals surface area contributed by atoms with E-state index in [1.807, 2.05) is 31.2 Å². The second-order valence-electron chi connectivity index (χ2n) is 4.37. The van der Waals surface area contributed by atoms with Crippen LogP contribution in [-0.2, 0) is 4.89 Å². The molecular formula is C16H16O5. The summed E-state index contributed by atoms with van der Waals surface area (Å²) in [5, 5.41) is 8.98. The third-order valence-electron chi connectivity index (χ3n) is 2.72. The van der Waals surface area contributed by atoms with Crippen LogP contribution in [0, 0.1) is 6.92 Å². The number of hydrogen-bond acceptors (Lipinski definition) is 4. The van der Waals surface area contributed by atoms with Gasteiger partial charge >= 0.3 is 5.97 Å². The Morgan fingerprint density at radius 2 is 1.76 bits per heavy atom. The van der Waals surface area contributed by atoms with Crippen molar-refractivity contribution in [3.8, 4) is 11.5 Å². The summed E-state index contributed by atoms with van der Waals surface area (Å²) in [5.74, 6) is -0.152. The van der Waals surface area contributed by atoms with Crippen LogP contribution < -0.4 is 9.62 Å². The van der Waals surface area contributed by atoms with Crippen LogP contribution in [0.4, 0.5) is 0 Å². The van der Waals surface area contributed by atoms with Crippen LogP contribution in [-0.4, -0.2) is 24.3 Å². The van der Waals surface area contributed by atoms with Crippen molar-refractivity contribution in [1.29, 1.82) is 0 Å². The predicted octanol–water partition coefficient (Wildman–Crippen LogP) is 3.08. The fourth-order valence-electron chi connectivity index (χ4n) is 1.65. The zero-order chi connectivity index (χ0) is 15.1. The molecule has 21 heavy (non-hydrogen) atoms. The molecule has 0 atom stereocenters. The predicted molar refractivity (Wildman–Crippen MR) is 76.7 cm³/mol. The molecule has 2 aromatic carbocycles. The van der Waals surface area contributed by atoms with Crippen LogP contribution in [0.2, 0.25) is 0 Å². The number of ether oxygens (including phenoxy) is 1. The molecule has 0 radical (unpaired) electrons. The van der Waals surface area contributed by atoms with E-state index in [9.17, 15) is 4.79 Å². The molecule has 5 heteroatoms. The summed E-state index contributed by atoms with van der Waals surface area (Å²) in [4.78, 5) is 20.9. The maximum absolute atomic E-state index is 11.0. The molecule has 0 spiro atoms. The number of hydrogen-bond donors (Lipinski definition) is 1. The summed E-state index contributed by atoms with van der Waals surface area (Å²) in [5.41, 5.74) is 1.21. The second kappa shape index (κ2) is 7.31. The largest absolute Gasteiger partial charge is 0.491 e. The molecule has 0 aliphatic heterocycles. The van der Waals surface area contributed by atoms with Gasteiger partial charge in [0.1, 0.15) is 24.5 Å². The minimum Gasteiger partial charge on any atom is -0.491 e. The Balaban J connectivity index is 1.75. The summed E-state index contributed by atoms with van der Waals surface area (Å²) in [6, 6.07) is 13.9. The lowest BCUT2D eigenvalue weighted by Gasteiger charge is -2.08. The Labute approximate surface area is 122 Å². The van der Waals surface area contributed by atoms with E-state index in [1.165, 1.54) is 12.1 Å². The minimum absolute atomic E-state index is 0.0527. The van der Waals surface area contributed by atoms with Crippen LogP contribution in [0.5, 0.6) is 11.5 Å². The van der Waals surface area contributed by atoms with Gasteiger partial charge in [0.2, 0.25) is 0 Å². The number of aryl methyl sites for hydroxylation is 1. The molecule has 5 nitrogen and oxygen atoms in total. The summed E-state index contributed by atoms with van der Waals surface area (Å²) in [6.45, 7) is 2.49. The van der Waals surface area contributed by atoms with E-state index in [-0.39, 0.29) is 17.9 Å². The molecule has 0 aromatic heterocycles. The van der Waals surface area contributed by atoms with E-state index in [1.54, 1.807) is 12.1 Å². The Morgan fingerprint density at radius 3 is 2.48 bits per heavy atom.